The number of carboxylic acid groups (broad SMARTS) is 1. The predicted octanol–water partition coefficient (Wildman–Crippen LogP) is 7.67. The van der Waals surface area contributed by atoms with Crippen molar-refractivity contribution >= 4 is 61.9 Å². The number of aromatic nitrogens is 6. The lowest BCUT2D eigenvalue weighted by atomic mass is 10.0. The molecule has 0 saturated carbocycles. The average molecular weight is 664 g/mol. The second kappa shape index (κ2) is 12.0. The van der Waals surface area contributed by atoms with Gasteiger partial charge in [0.1, 0.15) is 17.2 Å². The molecule has 2 N–H and O–H groups in total. The molecule has 0 aliphatic carbocycles. The van der Waals surface area contributed by atoms with E-state index in [0.29, 0.717) is 42.2 Å². The van der Waals surface area contributed by atoms with Gasteiger partial charge in [-0.15, -0.1) is 16.4 Å². The van der Waals surface area contributed by atoms with Crippen LogP contribution < -0.4 is 0 Å². The van der Waals surface area contributed by atoms with Gasteiger partial charge >= 0.3 is 5.97 Å². The van der Waals surface area contributed by atoms with Gasteiger partial charge in [0, 0.05) is 46.3 Å². The number of furan rings is 1. The highest BCUT2D eigenvalue weighted by Crippen LogP contribution is 2.41. The molecule has 0 atom stereocenters. The minimum absolute atomic E-state index is 0.252. The van der Waals surface area contributed by atoms with Crippen LogP contribution in [0, 0.1) is 0 Å². The number of aliphatic carboxylic acids is 1. The van der Waals surface area contributed by atoms with Crippen molar-refractivity contribution in [3.63, 3.8) is 0 Å². The number of imidazole rings is 1. The van der Waals surface area contributed by atoms with Crippen LogP contribution in [0.15, 0.2) is 74.4 Å². The number of tetrazole rings is 1. The van der Waals surface area contributed by atoms with Crippen molar-refractivity contribution in [2.24, 2.45) is 0 Å². The minimum Gasteiger partial charge on any atom is -0.478 e. The topological polar surface area (TPSA) is 123 Å². The monoisotopic (exact) mass is 662 g/mol. The van der Waals surface area contributed by atoms with E-state index < -0.39 is 5.97 Å². The van der Waals surface area contributed by atoms with Gasteiger partial charge in [-0.05, 0) is 68.0 Å². The quantitative estimate of drug-likeness (QED) is 0.144. The standard InChI is InChI=1S/C30H24BrClN6O3S/c1-2-6-25-33-28(32)23(15-18(30(39)40)14-19-7-5-12-42-19)38(25)16-17-10-11-24-22(13-17)26(31)27(41-24)20-8-3-4-9-21(20)29-34-36-37-35-29/h3-5,7-13,15H,2,6,14,16H2,1H3,(H,39,40)(H,34,35,36,37). The number of H-pyrrole nitrogens is 1. The number of hydrogen-bond acceptors (Lipinski definition) is 7. The van der Waals surface area contributed by atoms with Crippen LogP contribution in [0.3, 0.4) is 0 Å². The lowest BCUT2D eigenvalue weighted by molar-refractivity contribution is -0.132. The first kappa shape index (κ1) is 28.1. The largest absolute Gasteiger partial charge is 0.478 e. The fraction of sp³-hybridized carbons (Fsp3) is 0.167. The van der Waals surface area contributed by atoms with E-state index in [1.54, 1.807) is 6.08 Å². The molecule has 2 aromatic carbocycles. The molecule has 0 aliphatic rings. The number of benzene rings is 2. The van der Waals surface area contributed by atoms with Crippen molar-refractivity contribution in [2.75, 3.05) is 0 Å². The van der Waals surface area contributed by atoms with Gasteiger partial charge < -0.3 is 14.1 Å². The fourth-order valence-electron chi connectivity index (χ4n) is 4.89. The normalized spacial score (nSPS) is 11.9. The third-order valence-corrected chi connectivity index (χ3v) is 8.79. The Morgan fingerprint density at radius 1 is 1.19 bits per heavy atom. The highest BCUT2D eigenvalue weighted by molar-refractivity contribution is 9.10. The van der Waals surface area contributed by atoms with Crippen LogP contribution in [0.25, 0.3) is 39.8 Å². The van der Waals surface area contributed by atoms with Crippen molar-refractivity contribution in [1.82, 2.24) is 30.2 Å². The Morgan fingerprint density at radius 3 is 2.74 bits per heavy atom. The molecular weight excluding hydrogens is 640 g/mol. The van der Waals surface area contributed by atoms with Crippen LogP contribution in [0.4, 0.5) is 0 Å². The first-order chi connectivity index (χ1) is 20.4. The summed E-state index contributed by atoms with van der Waals surface area (Å²) in [6.45, 7) is 2.53. The van der Waals surface area contributed by atoms with Crippen LogP contribution >= 0.6 is 38.9 Å². The number of nitrogens with zero attached hydrogens (tertiary/aromatic N) is 5. The zero-order chi connectivity index (χ0) is 29.2. The fourth-order valence-corrected chi connectivity index (χ4v) is 6.48. The first-order valence-electron chi connectivity index (χ1n) is 13.2. The molecule has 4 heterocycles. The molecule has 0 radical (unpaired) electrons. The summed E-state index contributed by atoms with van der Waals surface area (Å²) in [5, 5.41) is 27.4. The number of halogens is 2. The maximum atomic E-state index is 12.2. The van der Waals surface area contributed by atoms with Gasteiger partial charge in [0.2, 0.25) is 0 Å². The summed E-state index contributed by atoms with van der Waals surface area (Å²) in [6.07, 6.45) is 3.53. The van der Waals surface area contributed by atoms with Gasteiger partial charge in [-0.1, -0.05) is 54.9 Å². The summed E-state index contributed by atoms with van der Waals surface area (Å²) in [6, 6.07) is 17.6. The van der Waals surface area contributed by atoms with Crippen molar-refractivity contribution in [2.45, 2.75) is 32.7 Å². The van der Waals surface area contributed by atoms with Crippen molar-refractivity contribution in [3.8, 4) is 22.7 Å². The van der Waals surface area contributed by atoms with Gasteiger partial charge in [0.05, 0.1) is 10.2 Å². The van der Waals surface area contributed by atoms with Crippen molar-refractivity contribution < 1.29 is 14.3 Å². The molecule has 0 amide bonds. The van der Waals surface area contributed by atoms with E-state index in [0.717, 1.165) is 43.7 Å². The molecule has 0 bridgehead atoms. The van der Waals surface area contributed by atoms with E-state index in [1.165, 1.54) is 11.3 Å². The number of aromatic amines is 1. The van der Waals surface area contributed by atoms with E-state index >= 15 is 0 Å². The Hall–Kier alpha value is -4.06. The molecule has 12 heteroatoms. The number of hydrogen-bond donors (Lipinski definition) is 2. The van der Waals surface area contributed by atoms with Crippen LogP contribution in [-0.4, -0.2) is 41.3 Å². The molecule has 6 rings (SSSR count). The Balaban J connectivity index is 1.40. The van der Waals surface area contributed by atoms with E-state index in [4.69, 9.17) is 16.0 Å². The summed E-state index contributed by atoms with van der Waals surface area (Å²) in [5.41, 5.74) is 4.18. The maximum absolute atomic E-state index is 12.2. The summed E-state index contributed by atoms with van der Waals surface area (Å²) in [4.78, 5) is 17.8. The SMILES string of the molecule is CCCc1nc(Cl)c(C=C(Cc2cccs2)C(=O)O)n1Cc1ccc2oc(-c3ccccc3-c3nnn[nH]3)c(Br)c2c1. The summed E-state index contributed by atoms with van der Waals surface area (Å²) in [5.74, 6) is 1.02. The summed E-state index contributed by atoms with van der Waals surface area (Å²) < 4.78 is 9.12. The molecule has 0 aliphatic heterocycles. The van der Waals surface area contributed by atoms with Crippen LogP contribution in [0.1, 0.15) is 35.3 Å². The second-order valence-corrected chi connectivity index (χ2v) is 11.8. The van der Waals surface area contributed by atoms with Gasteiger partial charge in [-0.3, -0.25) is 0 Å². The Kier molecular flexibility index (Phi) is 8.05. The zero-order valence-corrected chi connectivity index (χ0v) is 25.5. The maximum Gasteiger partial charge on any atom is 0.332 e. The molecule has 0 unspecified atom stereocenters. The number of nitrogens with one attached hydrogen (secondary N) is 1. The Labute approximate surface area is 258 Å². The number of carboxylic acids is 1. The van der Waals surface area contributed by atoms with E-state index in [2.05, 4.69) is 54.5 Å². The minimum atomic E-state index is -0.984. The number of carbonyl (C=O) groups is 1. The number of aryl methyl sites for hydroxylation is 1. The van der Waals surface area contributed by atoms with Crippen LogP contribution in [-0.2, 0) is 24.2 Å². The zero-order valence-electron chi connectivity index (χ0n) is 22.3. The van der Waals surface area contributed by atoms with Crippen molar-refractivity contribution in [3.05, 3.63) is 97.1 Å². The molecule has 4 aromatic heterocycles. The van der Waals surface area contributed by atoms with Gasteiger partial charge in [-0.25, -0.2) is 14.9 Å². The van der Waals surface area contributed by atoms with Crippen LogP contribution in [0.5, 0.6) is 0 Å². The Morgan fingerprint density at radius 2 is 2.02 bits per heavy atom. The van der Waals surface area contributed by atoms with Crippen LogP contribution in [0.2, 0.25) is 5.15 Å². The highest BCUT2D eigenvalue weighted by atomic mass is 79.9. The molecule has 0 saturated heterocycles. The lowest BCUT2D eigenvalue weighted by Crippen LogP contribution is -2.09. The Bertz CT molecular complexity index is 1910. The van der Waals surface area contributed by atoms with Gasteiger partial charge in [0.15, 0.2) is 11.0 Å². The molecular formula is C30H24BrClN6O3S. The number of fused-ring (bicyclic) bond motifs is 1. The van der Waals surface area contributed by atoms with E-state index in [9.17, 15) is 9.90 Å². The molecule has 0 fully saturated rings. The lowest BCUT2D eigenvalue weighted by Gasteiger charge is -2.11. The van der Waals surface area contributed by atoms with Gasteiger partial charge in [-0.2, -0.15) is 0 Å². The summed E-state index contributed by atoms with van der Waals surface area (Å²) >= 11 is 11.9. The van der Waals surface area contributed by atoms with E-state index in [-0.39, 0.29) is 10.7 Å². The number of rotatable bonds is 10. The molecule has 212 valence electrons. The first-order valence-corrected chi connectivity index (χ1v) is 15.2. The molecule has 9 nitrogen and oxygen atoms in total. The number of thiophene rings is 1. The van der Waals surface area contributed by atoms with E-state index in [1.807, 2.05) is 58.5 Å². The average Bonchev–Trinajstić information content (AvgIpc) is 3.79. The van der Waals surface area contributed by atoms with Crippen molar-refractivity contribution in [1.29, 1.82) is 0 Å². The predicted molar refractivity (Wildman–Crippen MR) is 166 cm³/mol. The molecule has 42 heavy (non-hydrogen) atoms. The molecule has 0 spiro atoms. The second-order valence-electron chi connectivity index (χ2n) is 9.64. The smallest absolute Gasteiger partial charge is 0.332 e. The van der Waals surface area contributed by atoms with Gasteiger partial charge in [0.25, 0.3) is 0 Å². The third-order valence-electron chi connectivity index (χ3n) is 6.85. The summed E-state index contributed by atoms with van der Waals surface area (Å²) in [7, 11) is 0. The highest BCUT2D eigenvalue weighted by Gasteiger charge is 2.21. The third kappa shape index (κ3) is 5.55. The molecule has 6 aromatic rings.